The third kappa shape index (κ3) is 3.97. The second kappa shape index (κ2) is 6.94. The van der Waals surface area contributed by atoms with Crippen molar-refractivity contribution in [2.24, 2.45) is 5.84 Å². The number of rotatable bonds is 7. The fourth-order valence-corrected chi connectivity index (χ4v) is 1.15. The maximum absolute atomic E-state index is 8.66. The minimum atomic E-state index is 0.144. The van der Waals surface area contributed by atoms with Crippen LogP contribution in [0, 0.1) is 0 Å². The molecule has 0 aliphatic heterocycles. The van der Waals surface area contributed by atoms with Gasteiger partial charge in [-0.25, -0.2) is 15.8 Å². The summed E-state index contributed by atoms with van der Waals surface area (Å²) in [5.74, 6) is 7.01. The molecule has 0 amide bonds. The van der Waals surface area contributed by atoms with Crippen LogP contribution in [0.3, 0.4) is 0 Å². The molecule has 0 atom stereocenters. The normalized spacial score (nSPS) is 10.2. The molecule has 5 N–H and O–H groups in total. The van der Waals surface area contributed by atoms with Gasteiger partial charge in [-0.3, -0.25) is 0 Å². The molecule has 0 bridgehead atoms. The molecule has 0 saturated carbocycles. The zero-order valence-electron chi connectivity index (χ0n) is 9.23. The third-order valence-corrected chi connectivity index (χ3v) is 1.83. The van der Waals surface area contributed by atoms with E-state index in [9.17, 15) is 0 Å². The van der Waals surface area contributed by atoms with Crippen LogP contribution >= 0.6 is 0 Å². The molecule has 0 aliphatic carbocycles. The standard InChI is InChI=1S/C9H17N5O2/c1-16-6-9-12-7(11-3-2-4-15)5-8(13-9)14-10/h5,15H,2-4,6,10H2,1H3,(H2,11,12,13,14). The first-order chi connectivity index (χ1) is 7.80. The van der Waals surface area contributed by atoms with Crippen molar-refractivity contribution in [2.75, 3.05) is 31.0 Å². The maximum Gasteiger partial charge on any atom is 0.158 e. The Morgan fingerprint density at radius 2 is 2.19 bits per heavy atom. The highest BCUT2D eigenvalue weighted by Gasteiger charge is 2.03. The third-order valence-electron chi connectivity index (χ3n) is 1.83. The van der Waals surface area contributed by atoms with Crippen molar-refractivity contribution in [1.82, 2.24) is 9.97 Å². The first-order valence-corrected chi connectivity index (χ1v) is 4.98. The number of hydrogen-bond donors (Lipinski definition) is 4. The molecule has 1 rings (SSSR count). The molecule has 0 radical (unpaired) electrons. The van der Waals surface area contributed by atoms with Crippen LogP contribution in [0.2, 0.25) is 0 Å². The zero-order valence-corrected chi connectivity index (χ0v) is 9.23. The van der Waals surface area contributed by atoms with Gasteiger partial charge in [-0.05, 0) is 6.42 Å². The molecule has 1 aromatic heterocycles. The maximum atomic E-state index is 8.66. The molecule has 1 aromatic rings. The van der Waals surface area contributed by atoms with Gasteiger partial charge in [0.05, 0.1) is 0 Å². The van der Waals surface area contributed by atoms with Gasteiger partial charge in [-0.15, -0.1) is 0 Å². The van der Waals surface area contributed by atoms with Crippen LogP contribution in [-0.4, -0.2) is 35.3 Å². The van der Waals surface area contributed by atoms with Crippen LogP contribution in [0.5, 0.6) is 0 Å². The van der Waals surface area contributed by atoms with E-state index in [1.54, 1.807) is 13.2 Å². The van der Waals surface area contributed by atoms with Gasteiger partial charge >= 0.3 is 0 Å². The first kappa shape index (κ1) is 12.6. The molecule has 1 heterocycles. The van der Waals surface area contributed by atoms with Crippen molar-refractivity contribution in [3.63, 3.8) is 0 Å². The van der Waals surface area contributed by atoms with E-state index in [4.69, 9.17) is 15.7 Å². The summed E-state index contributed by atoms with van der Waals surface area (Å²) in [6.07, 6.45) is 0.662. The molecule has 16 heavy (non-hydrogen) atoms. The number of nitrogens with one attached hydrogen (secondary N) is 2. The summed E-state index contributed by atoms with van der Waals surface area (Å²) in [5.41, 5.74) is 2.46. The summed E-state index contributed by atoms with van der Waals surface area (Å²) in [4.78, 5) is 8.33. The van der Waals surface area contributed by atoms with Gasteiger partial charge in [0.15, 0.2) is 5.82 Å². The Labute approximate surface area is 94.0 Å². The average molecular weight is 227 g/mol. The average Bonchev–Trinajstić information content (AvgIpc) is 2.29. The number of aliphatic hydroxyl groups excluding tert-OH is 1. The topological polar surface area (TPSA) is 105 Å². The predicted octanol–water partition coefficient (Wildman–Crippen LogP) is -0.297. The molecular formula is C9H17N5O2. The van der Waals surface area contributed by atoms with Gasteiger partial charge in [0.1, 0.15) is 18.2 Å². The smallest absolute Gasteiger partial charge is 0.158 e. The second-order valence-corrected chi connectivity index (χ2v) is 3.14. The molecule has 90 valence electrons. The Morgan fingerprint density at radius 3 is 2.81 bits per heavy atom. The number of ether oxygens (including phenoxy) is 1. The van der Waals surface area contributed by atoms with Gasteiger partial charge in [0.25, 0.3) is 0 Å². The number of methoxy groups -OCH3 is 1. The lowest BCUT2D eigenvalue weighted by molar-refractivity contribution is 0.178. The summed E-state index contributed by atoms with van der Waals surface area (Å²) < 4.78 is 4.95. The SMILES string of the molecule is COCc1nc(NN)cc(NCCCO)n1. The quantitative estimate of drug-likeness (QED) is 0.288. The number of nitrogens with zero attached hydrogens (tertiary/aromatic N) is 2. The van der Waals surface area contributed by atoms with Crippen molar-refractivity contribution >= 4 is 11.6 Å². The number of nitrogen functional groups attached to an aromatic ring is 1. The Bertz CT molecular complexity index is 321. The number of anilines is 2. The summed E-state index contributed by atoms with van der Waals surface area (Å²) in [5, 5.41) is 11.7. The van der Waals surface area contributed by atoms with Crippen LogP contribution in [0.4, 0.5) is 11.6 Å². The van der Waals surface area contributed by atoms with Crippen LogP contribution in [-0.2, 0) is 11.3 Å². The molecule has 0 fully saturated rings. The number of hydrogen-bond acceptors (Lipinski definition) is 7. The molecule has 0 aromatic carbocycles. The van der Waals surface area contributed by atoms with Gasteiger partial charge in [0.2, 0.25) is 0 Å². The van der Waals surface area contributed by atoms with E-state index >= 15 is 0 Å². The molecule has 7 heteroatoms. The summed E-state index contributed by atoms with van der Waals surface area (Å²) in [6, 6.07) is 1.69. The molecule has 7 nitrogen and oxygen atoms in total. The van der Waals surface area contributed by atoms with Crippen molar-refractivity contribution < 1.29 is 9.84 Å². The van der Waals surface area contributed by atoms with Crippen LogP contribution in [0.1, 0.15) is 12.2 Å². The van der Waals surface area contributed by atoms with Gasteiger partial charge in [-0.1, -0.05) is 0 Å². The van der Waals surface area contributed by atoms with E-state index in [1.807, 2.05) is 0 Å². The van der Waals surface area contributed by atoms with Crippen molar-refractivity contribution in [1.29, 1.82) is 0 Å². The van der Waals surface area contributed by atoms with E-state index in [0.29, 0.717) is 37.0 Å². The van der Waals surface area contributed by atoms with Gasteiger partial charge in [-0.2, -0.15) is 0 Å². The molecule has 0 aliphatic rings. The van der Waals surface area contributed by atoms with E-state index in [-0.39, 0.29) is 6.61 Å². The lowest BCUT2D eigenvalue weighted by Gasteiger charge is -2.08. The van der Waals surface area contributed by atoms with Gasteiger partial charge < -0.3 is 20.6 Å². The predicted molar refractivity (Wildman–Crippen MR) is 60.7 cm³/mol. The van der Waals surface area contributed by atoms with E-state index in [1.165, 1.54) is 0 Å². The molecular weight excluding hydrogens is 210 g/mol. The minimum Gasteiger partial charge on any atom is -0.396 e. The highest BCUT2D eigenvalue weighted by atomic mass is 16.5. The van der Waals surface area contributed by atoms with Gasteiger partial charge in [0, 0.05) is 26.3 Å². The summed E-state index contributed by atoms with van der Waals surface area (Å²) in [6.45, 7) is 1.11. The first-order valence-electron chi connectivity index (χ1n) is 4.98. The Balaban J connectivity index is 2.69. The largest absolute Gasteiger partial charge is 0.396 e. The van der Waals surface area contributed by atoms with Crippen molar-refractivity contribution in [3.8, 4) is 0 Å². The summed E-state index contributed by atoms with van der Waals surface area (Å²) >= 11 is 0. The zero-order chi connectivity index (χ0) is 11.8. The number of hydrazine groups is 1. The van der Waals surface area contributed by atoms with Crippen molar-refractivity contribution in [2.45, 2.75) is 13.0 Å². The number of nitrogens with two attached hydrogens (primary N) is 1. The lowest BCUT2D eigenvalue weighted by Crippen LogP contribution is -2.13. The fraction of sp³-hybridized carbons (Fsp3) is 0.556. The van der Waals surface area contributed by atoms with Crippen molar-refractivity contribution in [3.05, 3.63) is 11.9 Å². The van der Waals surface area contributed by atoms with E-state index in [2.05, 4.69) is 20.7 Å². The summed E-state index contributed by atoms with van der Waals surface area (Å²) in [7, 11) is 1.57. The van der Waals surface area contributed by atoms with E-state index < -0.39 is 0 Å². The second-order valence-electron chi connectivity index (χ2n) is 3.14. The molecule has 0 saturated heterocycles. The molecule has 0 spiro atoms. The Kier molecular flexibility index (Phi) is 5.48. The van der Waals surface area contributed by atoms with Crippen LogP contribution in [0.15, 0.2) is 6.07 Å². The molecule has 0 unspecified atom stereocenters. The monoisotopic (exact) mass is 227 g/mol. The Morgan fingerprint density at radius 1 is 1.44 bits per heavy atom. The lowest BCUT2D eigenvalue weighted by atomic mass is 10.4. The van der Waals surface area contributed by atoms with E-state index in [0.717, 1.165) is 0 Å². The number of aliphatic hydroxyl groups is 1. The highest BCUT2D eigenvalue weighted by Crippen LogP contribution is 2.10. The highest BCUT2D eigenvalue weighted by molar-refractivity contribution is 5.46. The fourth-order valence-electron chi connectivity index (χ4n) is 1.15. The number of aromatic nitrogens is 2. The van der Waals surface area contributed by atoms with Crippen LogP contribution in [0.25, 0.3) is 0 Å². The minimum absolute atomic E-state index is 0.144. The Hall–Kier alpha value is -1.44. The van der Waals surface area contributed by atoms with Crippen LogP contribution < -0.4 is 16.6 Å².